The zero-order valence-electron chi connectivity index (χ0n) is 19.0. The average molecular weight is 469 g/mol. The highest BCUT2D eigenvalue weighted by Crippen LogP contribution is 2.36. The molecule has 0 unspecified atom stereocenters. The summed E-state index contributed by atoms with van der Waals surface area (Å²) < 4.78 is 28.6. The van der Waals surface area contributed by atoms with Crippen LogP contribution in [0.3, 0.4) is 0 Å². The van der Waals surface area contributed by atoms with Gasteiger partial charge in [0.2, 0.25) is 0 Å². The van der Waals surface area contributed by atoms with E-state index in [1.807, 2.05) is 60.7 Å². The molecule has 0 aromatic heterocycles. The Labute approximate surface area is 197 Å². The summed E-state index contributed by atoms with van der Waals surface area (Å²) in [7, 11) is 0. The van der Waals surface area contributed by atoms with Crippen LogP contribution in [0.15, 0.2) is 60.7 Å². The van der Waals surface area contributed by atoms with E-state index in [0.29, 0.717) is 0 Å². The van der Waals surface area contributed by atoms with Crippen LogP contribution in [0.25, 0.3) is 0 Å². The van der Waals surface area contributed by atoms with Crippen molar-refractivity contribution in [2.75, 3.05) is 13.2 Å². The predicted molar refractivity (Wildman–Crippen MR) is 118 cm³/mol. The van der Waals surface area contributed by atoms with E-state index < -0.39 is 48.7 Å². The summed E-state index contributed by atoms with van der Waals surface area (Å²) in [6.07, 6.45) is -3.99. The van der Waals surface area contributed by atoms with Crippen molar-refractivity contribution in [2.24, 2.45) is 0 Å². The molecule has 9 nitrogen and oxygen atoms in total. The van der Waals surface area contributed by atoms with E-state index in [9.17, 15) is 14.4 Å². The largest absolute Gasteiger partial charge is 0.457 e. The highest BCUT2D eigenvalue weighted by Gasteiger charge is 2.53. The molecule has 1 amide bonds. The predicted octanol–water partition coefficient (Wildman–Crippen LogP) is 2.99. The molecule has 2 saturated heterocycles. The van der Waals surface area contributed by atoms with Crippen molar-refractivity contribution in [1.29, 1.82) is 0 Å². The summed E-state index contributed by atoms with van der Waals surface area (Å²) in [4.78, 5) is 38.2. The number of carbonyl (C=O) groups excluding carboxylic acids is 3. The molecular weight excluding hydrogens is 442 g/mol. The average Bonchev–Trinajstić information content (AvgIpc) is 2.84. The molecule has 2 aliphatic rings. The second-order valence-electron chi connectivity index (χ2n) is 8.16. The highest BCUT2D eigenvalue weighted by molar-refractivity contribution is 5.70. The van der Waals surface area contributed by atoms with Gasteiger partial charge in [-0.05, 0) is 5.56 Å². The lowest BCUT2D eigenvalue weighted by atomic mass is 9.92. The van der Waals surface area contributed by atoms with Crippen molar-refractivity contribution in [2.45, 2.75) is 51.1 Å². The summed E-state index contributed by atoms with van der Waals surface area (Å²) in [5, 5.41) is 0. The summed E-state index contributed by atoms with van der Waals surface area (Å²) >= 11 is 0. The molecule has 0 aliphatic carbocycles. The number of esters is 2. The SMILES string of the molecule is CC(=O)O[C@H]1[C@@H]2O[C@H](c3ccccc3)OC[C@H]2N(C(=O)OCc2ccccc2)C[C@@H]1OC(C)=O. The number of nitrogens with zero attached hydrogens (tertiary/aromatic N) is 1. The number of piperidine rings is 1. The number of hydrogen-bond donors (Lipinski definition) is 0. The minimum absolute atomic E-state index is 0.0327. The molecular formula is C25H27NO8. The van der Waals surface area contributed by atoms with E-state index in [-0.39, 0.29) is 19.8 Å². The van der Waals surface area contributed by atoms with Crippen molar-refractivity contribution >= 4 is 18.0 Å². The molecule has 2 aliphatic heterocycles. The molecule has 2 aromatic carbocycles. The fourth-order valence-corrected chi connectivity index (χ4v) is 4.21. The molecule has 2 heterocycles. The number of likely N-dealkylation sites (tertiary alicyclic amines) is 1. The number of rotatable bonds is 5. The molecule has 0 bridgehead atoms. The van der Waals surface area contributed by atoms with Gasteiger partial charge in [-0.2, -0.15) is 0 Å². The first-order valence-corrected chi connectivity index (χ1v) is 11.1. The third-order valence-corrected chi connectivity index (χ3v) is 5.68. The van der Waals surface area contributed by atoms with Crippen LogP contribution in [0.5, 0.6) is 0 Å². The third kappa shape index (κ3) is 5.55. The van der Waals surface area contributed by atoms with E-state index >= 15 is 0 Å². The molecule has 0 N–H and O–H groups in total. The first-order chi connectivity index (χ1) is 16.4. The first-order valence-electron chi connectivity index (χ1n) is 11.1. The van der Waals surface area contributed by atoms with E-state index in [1.165, 1.54) is 18.7 Å². The van der Waals surface area contributed by atoms with E-state index in [0.717, 1.165) is 11.1 Å². The van der Waals surface area contributed by atoms with Crippen molar-refractivity contribution in [3.05, 3.63) is 71.8 Å². The molecule has 9 heteroatoms. The van der Waals surface area contributed by atoms with E-state index in [2.05, 4.69) is 0 Å². The van der Waals surface area contributed by atoms with Crippen LogP contribution in [0.4, 0.5) is 4.79 Å². The monoisotopic (exact) mass is 469 g/mol. The minimum Gasteiger partial charge on any atom is -0.457 e. The van der Waals surface area contributed by atoms with Gasteiger partial charge in [-0.1, -0.05) is 60.7 Å². The van der Waals surface area contributed by atoms with Gasteiger partial charge in [0.15, 0.2) is 18.5 Å². The van der Waals surface area contributed by atoms with Crippen LogP contribution >= 0.6 is 0 Å². The summed E-state index contributed by atoms with van der Waals surface area (Å²) in [6, 6.07) is 18.0. The Morgan fingerprint density at radius 1 is 0.941 bits per heavy atom. The topological polar surface area (TPSA) is 101 Å². The highest BCUT2D eigenvalue weighted by atomic mass is 16.7. The molecule has 5 atom stereocenters. The Bertz CT molecular complexity index is 998. The van der Waals surface area contributed by atoms with Crippen molar-refractivity contribution in [3.63, 3.8) is 0 Å². The maximum Gasteiger partial charge on any atom is 0.410 e. The zero-order chi connectivity index (χ0) is 24.1. The number of hydrogen-bond acceptors (Lipinski definition) is 8. The Morgan fingerprint density at radius 3 is 2.24 bits per heavy atom. The standard InChI is InChI=1S/C25H27NO8/c1-16(27)32-21-13-26(25(29)31-14-18-9-5-3-6-10-18)20-15-30-24(19-11-7-4-8-12-19)34-22(20)23(21)33-17(2)28/h3-12,20-24H,13-15H2,1-2H3/t20-,21+,22-,23-,24-/m1/s1. The number of benzene rings is 2. The molecule has 34 heavy (non-hydrogen) atoms. The first kappa shape index (κ1) is 23.7. The minimum atomic E-state index is -0.929. The summed E-state index contributed by atoms with van der Waals surface area (Å²) in [6.45, 7) is 2.69. The van der Waals surface area contributed by atoms with Gasteiger partial charge in [0.25, 0.3) is 0 Å². The van der Waals surface area contributed by atoms with Crippen molar-refractivity contribution in [1.82, 2.24) is 4.90 Å². The van der Waals surface area contributed by atoms with Gasteiger partial charge < -0.3 is 23.7 Å². The van der Waals surface area contributed by atoms with Crippen LogP contribution in [0.2, 0.25) is 0 Å². The van der Waals surface area contributed by atoms with Gasteiger partial charge in [0.1, 0.15) is 12.7 Å². The van der Waals surface area contributed by atoms with Gasteiger partial charge in [-0.15, -0.1) is 0 Å². The number of ether oxygens (including phenoxy) is 5. The summed E-state index contributed by atoms with van der Waals surface area (Å²) in [5.41, 5.74) is 1.61. The quantitative estimate of drug-likeness (QED) is 0.487. The molecule has 0 radical (unpaired) electrons. The van der Waals surface area contributed by atoms with Gasteiger partial charge in [0.05, 0.1) is 19.2 Å². The second kappa shape index (κ2) is 10.7. The maximum atomic E-state index is 13.1. The maximum absolute atomic E-state index is 13.1. The number of amides is 1. The lowest BCUT2D eigenvalue weighted by Crippen LogP contribution is -2.68. The third-order valence-electron chi connectivity index (χ3n) is 5.68. The van der Waals surface area contributed by atoms with Crippen LogP contribution in [0.1, 0.15) is 31.3 Å². The van der Waals surface area contributed by atoms with Gasteiger partial charge >= 0.3 is 18.0 Å². The molecule has 2 aromatic rings. The van der Waals surface area contributed by atoms with Gasteiger partial charge in [-0.25, -0.2) is 4.79 Å². The fourth-order valence-electron chi connectivity index (χ4n) is 4.21. The Hall–Kier alpha value is -3.43. The zero-order valence-corrected chi connectivity index (χ0v) is 19.0. The van der Waals surface area contributed by atoms with Crippen LogP contribution in [-0.2, 0) is 39.9 Å². The molecule has 180 valence electrons. The smallest absolute Gasteiger partial charge is 0.410 e. The lowest BCUT2D eigenvalue weighted by molar-refractivity contribution is -0.287. The lowest BCUT2D eigenvalue weighted by Gasteiger charge is -2.50. The van der Waals surface area contributed by atoms with Crippen LogP contribution < -0.4 is 0 Å². The fraction of sp³-hybridized carbons (Fsp3) is 0.400. The molecule has 2 fully saturated rings. The number of carbonyl (C=O) groups is 3. The van der Waals surface area contributed by atoms with Gasteiger partial charge in [0, 0.05) is 19.4 Å². The van der Waals surface area contributed by atoms with Crippen LogP contribution in [0, 0.1) is 0 Å². The van der Waals surface area contributed by atoms with E-state index in [4.69, 9.17) is 23.7 Å². The summed E-state index contributed by atoms with van der Waals surface area (Å²) in [5.74, 6) is -1.11. The van der Waals surface area contributed by atoms with Crippen molar-refractivity contribution in [3.8, 4) is 0 Å². The van der Waals surface area contributed by atoms with Gasteiger partial charge in [-0.3, -0.25) is 14.5 Å². The normalized spacial score (nSPS) is 26.2. The van der Waals surface area contributed by atoms with E-state index in [1.54, 1.807) is 0 Å². The molecule has 0 spiro atoms. The second-order valence-corrected chi connectivity index (χ2v) is 8.16. The van der Waals surface area contributed by atoms with Crippen molar-refractivity contribution < 1.29 is 38.1 Å². The molecule has 0 saturated carbocycles. The number of fused-ring (bicyclic) bond motifs is 1. The van der Waals surface area contributed by atoms with Crippen LogP contribution in [-0.4, -0.2) is 60.4 Å². The Kier molecular flexibility index (Phi) is 7.44. The molecule has 4 rings (SSSR count). The Balaban J connectivity index is 1.58. The Morgan fingerprint density at radius 2 is 1.59 bits per heavy atom.